The van der Waals surface area contributed by atoms with Crippen molar-refractivity contribution in [2.24, 2.45) is 0 Å². The van der Waals surface area contributed by atoms with Gasteiger partial charge >= 0.3 is 0 Å². The highest BCUT2D eigenvalue weighted by Crippen LogP contribution is 2.22. The van der Waals surface area contributed by atoms with Crippen LogP contribution < -0.4 is 5.32 Å². The summed E-state index contributed by atoms with van der Waals surface area (Å²) in [6.45, 7) is 5.25. The lowest BCUT2D eigenvalue weighted by atomic mass is 10.0. The van der Waals surface area contributed by atoms with E-state index in [1.165, 1.54) is 96.3 Å². The van der Waals surface area contributed by atoms with E-state index < -0.39 is 0 Å². The summed E-state index contributed by atoms with van der Waals surface area (Å²) in [4.78, 5) is 17.5. The van der Waals surface area contributed by atoms with Crippen molar-refractivity contribution in [1.82, 2.24) is 14.9 Å². The van der Waals surface area contributed by atoms with Gasteiger partial charge in [0.1, 0.15) is 5.82 Å². The van der Waals surface area contributed by atoms with E-state index in [1.54, 1.807) is 6.08 Å². The second-order valence-corrected chi connectivity index (χ2v) is 11.4. The zero-order chi connectivity index (χ0) is 28.3. The Kier molecular flexibility index (Phi) is 15.2. The van der Waals surface area contributed by atoms with Gasteiger partial charge in [0.2, 0.25) is 5.91 Å². The molecular formula is C36H53N3O. The Bertz CT molecular complexity index is 1120. The highest BCUT2D eigenvalue weighted by atomic mass is 16.1. The molecule has 1 amide bonds. The predicted molar refractivity (Wildman–Crippen MR) is 171 cm³/mol. The zero-order valence-corrected chi connectivity index (χ0v) is 25.3. The Balaban J connectivity index is 1.33. The lowest BCUT2D eigenvalue weighted by Gasteiger charge is -2.15. The van der Waals surface area contributed by atoms with E-state index >= 15 is 0 Å². The van der Waals surface area contributed by atoms with Crippen LogP contribution in [-0.4, -0.2) is 15.5 Å². The van der Waals surface area contributed by atoms with E-state index in [2.05, 4.69) is 35.0 Å². The topological polar surface area (TPSA) is 46.9 Å². The molecule has 4 heteroatoms. The van der Waals surface area contributed by atoms with Crippen LogP contribution in [0.3, 0.4) is 0 Å². The SMILES string of the molecule is CCCCCCCCCCCCCCCCCCn1c(C(C)NC(=O)/C=C\c2ccccc2)nc2ccccc21. The number of nitrogens with zero attached hydrogens (tertiary/aromatic N) is 2. The molecule has 1 N–H and O–H groups in total. The summed E-state index contributed by atoms with van der Waals surface area (Å²) < 4.78 is 2.31. The molecule has 40 heavy (non-hydrogen) atoms. The van der Waals surface area contributed by atoms with Gasteiger partial charge in [0.25, 0.3) is 0 Å². The van der Waals surface area contributed by atoms with Crippen LogP contribution in [0.2, 0.25) is 0 Å². The van der Waals surface area contributed by atoms with Crippen molar-refractivity contribution in [2.45, 2.75) is 129 Å². The van der Waals surface area contributed by atoms with Crippen molar-refractivity contribution < 1.29 is 4.79 Å². The number of amides is 1. The minimum Gasteiger partial charge on any atom is -0.343 e. The Morgan fingerprint density at radius 1 is 0.750 bits per heavy atom. The van der Waals surface area contributed by atoms with Crippen LogP contribution in [0.15, 0.2) is 60.7 Å². The first kappa shape index (κ1) is 31.6. The number of aromatic nitrogens is 2. The molecule has 0 bridgehead atoms. The third kappa shape index (κ3) is 11.7. The minimum atomic E-state index is -0.165. The Morgan fingerprint density at radius 3 is 1.88 bits per heavy atom. The first-order chi connectivity index (χ1) is 19.7. The van der Waals surface area contributed by atoms with Crippen molar-refractivity contribution in [1.29, 1.82) is 0 Å². The number of carbonyl (C=O) groups excluding carboxylic acids is 1. The molecule has 0 aliphatic rings. The molecule has 0 aliphatic heterocycles. The summed E-state index contributed by atoms with van der Waals surface area (Å²) in [6, 6.07) is 18.0. The van der Waals surface area contributed by atoms with E-state index in [0.717, 1.165) is 35.4 Å². The molecule has 218 valence electrons. The second kappa shape index (κ2) is 19.2. The quantitative estimate of drug-likeness (QED) is 0.107. The van der Waals surface area contributed by atoms with Gasteiger partial charge in [-0.05, 0) is 37.1 Å². The lowest BCUT2D eigenvalue weighted by molar-refractivity contribution is -0.117. The molecule has 0 aliphatic carbocycles. The average molecular weight is 544 g/mol. The predicted octanol–water partition coefficient (Wildman–Crippen LogP) is 10.2. The van der Waals surface area contributed by atoms with E-state index in [0.29, 0.717) is 0 Å². The highest BCUT2D eigenvalue weighted by molar-refractivity contribution is 5.92. The highest BCUT2D eigenvalue weighted by Gasteiger charge is 2.17. The number of imidazole rings is 1. The van der Waals surface area contributed by atoms with Crippen molar-refractivity contribution in [3.8, 4) is 0 Å². The third-order valence-electron chi connectivity index (χ3n) is 7.89. The first-order valence-electron chi connectivity index (χ1n) is 16.2. The van der Waals surface area contributed by atoms with E-state index in [1.807, 2.05) is 49.4 Å². The number of benzene rings is 2. The molecule has 3 rings (SSSR count). The number of unbranched alkanes of at least 4 members (excludes halogenated alkanes) is 15. The van der Waals surface area contributed by atoms with Crippen molar-refractivity contribution in [2.75, 3.05) is 0 Å². The Morgan fingerprint density at radius 2 is 1.27 bits per heavy atom. The Hall–Kier alpha value is -2.88. The maximum absolute atomic E-state index is 12.6. The van der Waals surface area contributed by atoms with Crippen molar-refractivity contribution in [3.63, 3.8) is 0 Å². The van der Waals surface area contributed by atoms with Gasteiger partial charge in [-0.15, -0.1) is 0 Å². The minimum absolute atomic E-state index is 0.0997. The molecule has 0 saturated carbocycles. The number of fused-ring (bicyclic) bond motifs is 1. The summed E-state index contributed by atoms with van der Waals surface area (Å²) >= 11 is 0. The number of aryl methyl sites for hydroxylation is 1. The molecule has 0 spiro atoms. The second-order valence-electron chi connectivity index (χ2n) is 11.4. The van der Waals surface area contributed by atoms with Gasteiger partial charge in [0.05, 0.1) is 17.1 Å². The molecule has 4 nitrogen and oxygen atoms in total. The monoisotopic (exact) mass is 543 g/mol. The van der Waals surface area contributed by atoms with Crippen molar-refractivity contribution >= 4 is 23.0 Å². The van der Waals surface area contributed by atoms with Crippen LogP contribution in [0.5, 0.6) is 0 Å². The van der Waals surface area contributed by atoms with Crippen LogP contribution in [0.25, 0.3) is 17.1 Å². The van der Waals surface area contributed by atoms with Crippen LogP contribution in [0, 0.1) is 0 Å². The van der Waals surface area contributed by atoms with Crippen molar-refractivity contribution in [3.05, 3.63) is 72.1 Å². The summed E-state index contributed by atoms with van der Waals surface area (Å²) in [5.41, 5.74) is 3.16. The number of rotatable bonds is 21. The molecule has 1 aromatic heterocycles. The fourth-order valence-electron chi connectivity index (χ4n) is 5.54. The molecular weight excluding hydrogens is 490 g/mol. The maximum atomic E-state index is 12.6. The number of nitrogens with one attached hydrogen (secondary N) is 1. The molecule has 1 unspecified atom stereocenters. The number of hydrogen-bond donors (Lipinski definition) is 1. The summed E-state index contributed by atoms with van der Waals surface area (Å²) in [5, 5.41) is 3.11. The Labute approximate surface area is 243 Å². The normalized spacial score (nSPS) is 12.3. The van der Waals surface area contributed by atoms with Crippen LogP contribution in [0.4, 0.5) is 0 Å². The molecule has 0 fully saturated rings. The number of carbonyl (C=O) groups is 1. The molecule has 1 atom stereocenters. The van der Waals surface area contributed by atoms with Gasteiger partial charge in [-0.1, -0.05) is 146 Å². The van der Waals surface area contributed by atoms with Gasteiger partial charge in [0, 0.05) is 12.6 Å². The number of para-hydroxylation sites is 2. The lowest BCUT2D eigenvalue weighted by Crippen LogP contribution is -2.27. The number of hydrogen-bond acceptors (Lipinski definition) is 2. The van der Waals surface area contributed by atoms with Crippen LogP contribution in [-0.2, 0) is 11.3 Å². The van der Waals surface area contributed by atoms with E-state index in [9.17, 15) is 4.79 Å². The van der Waals surface area contributed by atoms with E-state index in [4.69, 9.17) is 4.98 Å². The largest absolute Gasteiger partial charge is 0.343 e. The summed E-state index contributed by atoms with van der Waals surface area (Å²) in [7, 11) is 0. The third-order valence-corrected chi connectivity index (χ3v) is 7.89. The smallest absolute Gasteiger partial charge is 0.244 e. The van der Waals surface area contributed by atoms with E-state index in [-0.39, 0.29) is 11.9 Å². The van der Waals surface area contributed by atoms with Gasteiger partial charge in [-0.3, -0.25) is 4.79 Å². The van der Waals surface area contributed by atoms with Gasteiger partial charge < -0.3 is 9.88 Å². The molecule has 3 aromatic rings. The van der Waals surface area contributed by atoms with Gasteiger partial charge in [0.15, 0.2) is 0 Å². The van der Waals surface area contributed by atoms with Crippen LogP contribution in [0.1, 0.15) is 134 Å². The standard InChI is InChI=1S/C36H53N3O/c1-3-4-5-6-7-8-9-10-11-12-13-14-15-16-17-23-30-39-34-27-22-21-26-33(34)38-36(39)31(2)37-35(40)29-28-32-24-19-18-20-25-32/h18-22,24-29,31H,3-17,23,30H2,1-2H3,(H,37,40)/b29-28-. The van der Waals surface area contributed by atoms with Crippen LogP contribution >= 0.6 is 0 Å². The summed E-state index contributed by atoms with van der Waals surface area (Å²) in [5.74, 6) is 0.834. The molecule has 1 heterocycles. The molecule has 0 saturated heterocycles. The maximum Gasteiger partial charge on any atom is 0.244 e. The first-order valence-corrected chi connectivity index (χ1v) is 16.2. The molecule has 2 aromatic carbocycles. The van der Waals surface area contributed by atoms with Gasteiger partial charge in [-0.2, -0.15) is 0 Å². The zero-order valence-electron chi connectivity index (χ0n) is 25.3. The fourth-order valence-corrected chi connectivity index (χ4v) is 5.54. The molecule has 0 radical (unpaired) electrons. The summed E-state index contributed by atoms with van der Waals surface area (Å²) in [6.07, 6.45) is 25.4. The van der Waals surface area contributed by atoms with Gasteiger partial charge in [-0.25, -0.2) is 4.98 Å². The fraction of sp³-hybridized carbons (Fsp3) is 0.556. The average Bonchev–Trinajstić information content (AvgIpc) is 3.35.